The molecule has 2 nitrogen and oxygen atoms in total. The van der Waals surface area contributed by atoms with E-state index in [9.17, 15) is 4.39 Å². The van der Waals surface area contributed by atoms with Crippen LogP contribution < -0.4 is 10.1 Å². The molecular formula is C8H9ClFNO. The summed E-state index contributed by atoms with van der Waals surface area (Å²) in [6.07, 6.45) is 0. The van der Waals surface area contributed by atoms with E-state index in [0.717, 1.165) is 12.2 Å². The fourth-order valence-electron chi connectivity index (χ4n) is 1.13. The third kappa shape index (κ3) is 1.46. The molecule has 2 rings (SSSR count). The van der Waals surface area contributed by atoms with Crippen molar-refractivity contribution in [2.24, 2.45) is 0 Å². The van der Waals surface area contributed by atoms with Crippen molar-refractivity contribution in [1.82, 2.24) is 0 Å². The van der Waals surface area contributed by atoms with Crippen LogP contribution in [0.5, 0.6) is 5.75 Å². The number of fused-ring (bicyclic) bond motifs is 1. The number of anilines is 1. The average molecular weight is 190 g/mol. The molecule has 0 fully saturated rings. The molecule has 0 bridgehead atoms. The summed E-state index contributed by atoms with van der Waals surface area (Å²) in [5.41, 5.74) is 0.747. The number of halogens is 2. The summed E-state index contributed by atoms with van der Waals surface area (Å²) < 4.78 is 18.0. The second kappa shape index (κ2) is 3.63. The van der Waals surface area contributed by atoms with Crippen molar-refractivity contribution in [1.29, 1.82) is 0 Å². The van der Waals surface area contributed by atoms with Crippen molar-refractivity contribution in [3.05, 3.63) is 24.0 Å². The molecule has 1 aliphatic rings. The summed E-state index contributed by atoms with van der Waals surface area (Å²) >= 11 is 0. The maximum atomic E-state index is 12.9. The molecule has 0 saturated heterocycles. The molecule has 4 heteroatoms. The molecule has 1 aromatic rings. The highest BCUT2D eigenvalue weighted by molar-refractivity contribution is 5.85. The van der Waals surface area contributed by atoms with Crippen molar-refractivity contribution < 1.29 is 9.13 Å². The number of rotatable bonds is 0. The van der Waals surface area contributed by atoms with E-state index in [1.807, 2.05) is 0 Å². The van der Waals surface area contributed by atoms with E-state index >= 15 is 0 Å². The first kappa shape index (κ1) is 9.13. The molecule has 0 saturated carbocycles. The van der Waals surface area contributed by atoms with E-state index < -0.39 is 0 Å². The largest absolute Gasteiger partial charge is 0.486 e. The van der Waals surface area contributed by atoms with Gasteiger partial charge in [-0.15, -0.1) is 12.4 Å². The van der Waals surface area contributed by atoms with Crippen LogP contribution in [-0.4, -0.2) is 13.2 Å². The zero-order chi connectivity index (χ0) is 7.68. The van der Waals surface area contributed by atoms with Crippen molar-refractivity contribution in [3.8, 4) is 5.75 Å². The van der Waals surface area contributed by atoms with Crippen LogP contribution in [0.25, 0.3) is 0 Å². The van der Waals surface area contributed by atoms with Crippen LogP contribution in [0.3, 0.4) is 0 Å². The minimum absolute atomic E-state index is 0. The van der Waals surface area contributed by atoms with Crippen molar-refractivity contribution in [2.75, 3.05) is 18.5 Å². The quantitative estimate of drug-likeness (QED) is 0.675. The van der Waals surface area contributed by atoms with E-state index in [-0.39, 0.29) is 18.2 Å². The predicted molar refractivity (Wildman–Crippen MR) is 47.6 cm³/mol. The van der Waals surface area contributed by atoms with Gasteiger partial charge < -0.3 is 10.1 Å². The lowest BCUT2D eigenvalue weighted by molar-refractivity contribution is 0.306. The fourth-order valence-corrected chi connectivity index (χ4v) is 1.13. The number of para-hydroxylation sites is 1. The van der Waals surface area contributed by atoms with E-state index in [0.29, 0.717) is 12.4 Å². The summed E-state index contributed by atoms with van der Waals surface area (Å²) in [7, 11) is 0. The van der Waals surface area contributed by atoms with Crippen molar-refractivity contribution in [3.63, 3.8) is 0 Å². The predicted octanol–water partition coefficient (Wildman–Crippen LogP) is 2.05. The summed E-state index contributed by atoms with van der Waals surface area (Å²) in [5, 5.41) is 3.04. The van der Waals surface area contributed by atoms with Gasteiger partial charge in [0.1, 0.15) is 6.61 Å². The number of hydrogen-bond donors (Lipinski definition) is 1. The first-order valence-electron chi connectivity index (χ1n) is 3.53. The Bertz CT molecular complexity index is 280. The first-order chi connectivity index (χ1) is 5.38. The van der Waals surface area contributed by atoms with Gasteiger partial charge in [0.25, 0.3) is 0 Å². The second-order valence-electron chi connectivity index (χ2n) is 2.39. The molecule has 1 aliphatic heterocycles. The Hall–Kier alpha value is -0.960. The van der Waals surface area contributed by atoms with Gasteiger partial charge in [-0.05, 0) is 12.1 Å². The molecule has 0 amide bonds. The molecule has 1 aromatic carbocycles. The Morgan fingerprint density at radius 1 is 1.42 bits per heavy atom. The first-order valence-corrected chi connectivity index (χ1v) is 3.53. The monoisotopic (exact) mass is 189 g/mol. The maximum absolute atomic E-state index is 12.9. The van der Waals surface area contributed by atoms with Gasteiger partial charge in [0, 0.05) is 6.54 Å². The van der Waals surface area contributed by atoms with Gasteiger partial charge in [-0.1, -0.05) is 6.07 Å². The highest BCUT2D eigenvalue weighted by atomic mass is 35.5. The highest BCUT2D eigenvalue weighted by Gasteiger charge is 2.12. The van der Waals surface area contributed by atoms with Crippen LogP contribution in [0.4, 0.5) is 10.1 Å². The second-order valence-corrected chi connectivity index (χ2v) is 2.39. The minimum atomic E-state index is -0.297. The minimum Gasteiger partial charge on any atom is -0.486 e. The Kier molecular flexibility index (Phi) is 2.76. The number of nitrogens with one attached hydrogen (secondary N) is 1. The smallest absolute Gasteiger partial charge is 0.178 e. The van der Waals surface area contributed by atoms with Gasteiger partial charge in [0.15, 0.2) is 11.6 Å². The standard InChI is InChI=1S/C8H8FNO.ClH/c9-6-2-1-3-7-8(6)11-5-4-10-7;/h1-3,10H,4-5H2;1H. The van der Waals surface area contributed by atoms with Gasteiger partial charge in [-0.3, -0.25) is 0 Å². The van der Waals surface area contributed by atoms with Crippen LogP contribution in [0.1, 0.15) is 0 Å². The van der Waals surface area contributed by atoms with Gasteiger partial charge in [-0.25, -0.2) is 4.39 Å². The Morgan fingerprint density at radius 2 is 2.25 bits per heavy atom. The zero-order valence-corrected chi connectivity index (χ0v) is 7.16. The number of benzene rings is 1. The van der Waals surface area contributed by atoms with Crippen LogP contribution in [0.2, 0.25) is 0 Å². The maximum Gasteiger partial charge on any atom is 0.178 e. The molecule has 1 heterocycles. The molecular weight excluding hydrogens is 181 g/mol. The molecule has 0 spiro atoms. The SMILES string of the molecule is Cl.Fc1cccc2c1OCCN2. The van der Waals surface area contributed by atoms with Crippen molar-refractivity contribution in [2.45, 2.75) is 0 Å². The van der Waals surface area contributed by atoms with Gasteiger partial charge in [-0.2, -0.15) is 0 Å². The molecule has 0 atom stereocenters. The molecule has 66 valence electrons. The van der Waals surface area contributed by atoms with Crippen LogP contribution >= 0.6 is 12.4 Å². The highest BCUT2D eigenvalue weighted by Crippen LogP contribution is 2.29. The van der Waals surface area contributed by atoms with Crippen LogP contribution in [-0.2, 0) is 0 Å². The van der Waals surface area contributed by atoms with E-state index in [4.69, 9.17) is 4.74 Å². The Labute approximate surface area is 76.1 Å². The van der Waals surface area contributed by atoms with E-state index in [2.05, 4.69) is 5.32 Å². The van der Waals surface area contributed by atoms with Gasteiger partial charge in [0.2, 0.25) is 0 Å². The Balaban J connectivity index is 0.000000720. The summed E-state index contributed by atoms with van der Waals surface area (Å²) in [6, 6.07) is 4.86. The fraction of sp³-hybridized carbons (Fsp3) is 0.250. The molecule has 0 unspecified atom stereocenters. The summed E-state index contributed by atoms with van der Waals surface area (Å²) in [4.78, 5) is 0. The molecule has 0 radical (unpaired) electrons. The van der Waals surface area contributed by atoms with E-state index in [1.54, 1.807) is 12.1 Å². The number of ether oxygens (including phenoxy) is 1. The normalized spacial score (nSPS) is 13.4. The summed E-state index contributed by atoms with van der Waals surface area (Å²) in [5.74, 6) is 0.0495. The van der Waals surface area contributed by atoms with Crippen LogP contribution in [0, 0.1) is 5.82 Å². The van der Waals surface area contributed by atoms with E-state index in [1.165, 1.54) is 6.07 Å². The lowest BCUT2D eigenvalue weighted by Crippen LogP contribution is -2.18. The third-order valence-electron chi connectivity index (χ3n) is 1.63. The van der Waals surface area contributed by atoms with Gasteiger partial charge in [0.05, 0.1) is 5.69 Å². The molecule has 0 aromatic heterocycles. The summed E-state index contributed by atoms with van der Waals surface area (Å²) in [6.45, 7) is 1.28. The molecule has 0 aliphatic carbocycles. The third-order valence-corrected chi connectivity index (χ3v) is 1.63. The molecule has 1 N–H and O–H groups in total. The average Bonchev–Trinajstić information content (AvgIpc) is 2.06. The lowest BCUT2D eigenvalue weighted by atomic mass is 10.2. The topological polar surface area (TPSA) is 21.3 Å². The van der Waals surface area contributed by atoms with Crippen LogP contribution in [0.15, 0.2) is 18.2 Å². The lowest BCUT2D eigenvalue weighted by Gasteiger charge is -2.18. The van der Waals surface area contributed by atoms with Crippen molar-refractivity contribution >= 4 is 18.1 Å². The van der Waals surface area contributed by atoms with Gasteiger partial charge >= 0.3 is 0 Å². The Morgan fingerprint density at radius 3 is 3.00 bits per heavy atom. The zero-order valence-electron chi connectivity index (χ0n) is 6.34. The molecule has 12 heavy (non-hydrogen) atoms. The number of hydrogen-bond acceptors (Lipinski definition) is 2.